The molecule has 0 saturated carbocycles. The number of fused-ring (bicyclic) bond motifs is 1. The molecule has 4 N–H and O–H groups in total. The minimum Gasteiger partial charge on any atom is -0.455 e. The summed E-state index contributed by atoms with van der Waals surface area (Å²) < 4.78 is 41.4. The van der Waals surface area contributed by atoms with Crippen LogP contribution in [-0.4, -0.2) is 45.4 Å². The minimum atomic E-state index is -2.42. The number of amides is 1. The second-order valence-electron chi connectivity index (χ2n) is 6.10. The third-order valence-electron chi connectivity index (χ3n) is 4.42. The lowest BCUT2D eigenvalue weighted by molar-refractivity contribution is 0.0964. The Balaban J connectivity index is 2.35. The predicted molar refractivity (Wildman–Crippen MR) is 109 cm³/mol. The SMILES string of the molecule is CCN(c1cc2oc(-c3ccc(F)cc3)c(C(=O)NC)c2cc1B(O)O)S(=O)O. The van der Waals surface area contributed by atoms with Crippen LogP contribution in [-0.2, 0) is 11.3 Å². The van der Waals surface area contributed by atoms with Crippen molar-refractivity contribution in [1.29, 1.82) is 0 Å². The van der Waals surface area contributed by atoms with Crippen molar-refractivity contribution in [2.45, 2.75) is 6.92 Å². The number of halogens is 1. The molecule has 0 bridgehead atoms. The maximum Gasteiger partial charge on any atom is 0.490 e. The van der Waals surface area contributed by atoms with Gasteiger partial charge in [0.1, 0.15) is 17.2 Å². The minimum absolute atomic E-state index is 0.0682. The van der Waals surface area contributed by atoms with Crippen LogP contribution in [0.3, 0.4) is 0 Å². The summed E-state index contributed by atoms with van der Waals surface area (Å²) in [5, 5.41) is 22.4. The van der Waals surface area contributed by atoms with Crippen molar-refractivity contribution in [2.75, 3.05) is 17.9 Å². The zero-order chi connectivity index (χ0) is 21.3. The predicted octanol–water partition coefficient (Wildman–Crippen LogP) is 1.24. The van der Waals surface area contributed by atoms with Gasteiger partial charge < -0.3 is 19.8 Å². The molecule has 8 nitrogen and oxygen atoms in total. The Labute approximate surface area is 168 Å². The smallest absolute Gasteiger partial charge is 0.455 e. The molecule has 0 radical (unpaired) electrons. The van der Waals surface area contributed by atoms with Gasteiger partial charge in [-0.2, -0.15) is 0 Å². The highest BCUT2D eigenvalue weighted by Gasteiger charge is 2.28. The second kappa shape index (κ2) is 8.33. The fourth-order valence-electron chi connectivity index (χ4n) is 3.09. The average molecular weight is 420 g/mol. The van der Waals surface area contributed by atoms with E-state index in [0.717, 1.165) is 4.31 Å². The number of furan rings is 1. The van der Waals surface area contributed by atoms with E-state index in [1.165, 1.54) is 43.4 Å². The van der Waals surface area contributed by atoms with Gasteiger partial charge in [0, 0.05) is 36.1 Å². The van der Waals surface area contributed by atoms with Crippen LogP contribution in [0.2, 0.25) is 0 Å². The van der Waals surface area contributed by atoms with Crippen molar-refractivity contribution in [3.63, 3.8) is 0 Å². The number of hydrogen-bond donors (Lipinski definition) is 4. The highest BCUT2D eigenvalue weighted by Crippen LogP contribution is 2.35. The van der Waals surface area contributed by atoms with Crippen molar-refractivity contribution in [3.8, 4) is 11.3 Å². The number of benzene rings is 2. The van der Waals surface area contributed by atoms with Crippen LogP contribution in [0.25, 0.3) is 22.3 Å². The molecular weight excluding hydrogens is 402 g/mol. The van der Waals surface area contributed by atoms with E-state index < -0.39 is 30.1 Å². The highest BCUT2D eigenvalue weighted by atomic mass is 32.2. The standard InChI is InChI=1S/C18H18BFN2O6S/c1-3-22(29(26)27)14-9-15-12(8-13(14)19(24)25)16(18(23)21-2)17(28-15)10-4-6-11(20)7-5-10/h4-9,24-25H,3H2,1-2H3,(H,21,23)(H,26,27). The Morgan fingerprint density at radius 1 is 1.28 bits per heavy atom. The Morgan fingerprint density at radius 2 is 1.93 bits per heavy atom. The van der Waals surface area contributed by atoms with E-state index >= 15 is 0 Å². The lowest BCUT2D eigenvalue weighted by atomic mass is 9.78. The molecule has 1 heterocycles. The first kappa shape index (κ1) is 21.0. The Bertz CT molecular complexity index is 1090. The summed E-state index contributed by atoms with van der Waals surface area (Å²) in [5.41, 5.74) is 0.742. The van der Waals surface area contributed by atoms with Crippen molar-refractivity contribution < 1.29 is 32.4 Å². The molecule has 0 saturated heterocycles. The van der Waals surface area contributed by atoms with E-state index in [4.69, 9.17) is 4.42 Å². The third kappa shape index (κ3) is 3.90. The number of nitrogens with zero attached hydrogens (tertiary/aromatic N) is 1. The van der Waals surface area contributed by atoms with Gasteiger partial charge >= 0.3 is 7.12 Å². The molecule has 3 rings (SSSR count). The molecule has 29 heavy (non-hydrogen) atoms. The molecule has 1 amide bonds. The van der Waals surface area contributed by atoms with Crippen LogP contribution in [0.5, 0.6) is 0 Å². The van der Waals surface area contributed by atoms with Crippen LogP contribution in [0, 0.1) is 5.82 Å². The van der Waals surface area contributed by atoms with E-state index in [9.17, 15) is 28.0 Å². The summed E-state index contributed by atoms with van der Waals surface area (Å²) in [4.78, 5) is 12.5. The topological polar surface area (TPSA) is 123 Å². The zero-order valence-electron chi connectivity index (χ0n) is 15.5. The molecule has 2 aromatic carbocycles. The largest absolute Gasteiger partial charge is 0.490 e. The number of anilines is 1. The molecule has 152 valence electrons. The monoisotopic (exact) mass is 420 g/mol. The van der Waals surface area contributed by atoms with E-state index in [1.807, 2.05) is 0 Å². The van der Waals surface area contributed by atoms with Gasteiger partial charge in [0.15, 0.2) is 0 Å². The first-order valence-electron chi connectivity index (χ1n) is 8.61. The van der Waals surface area contributed by atoms with Gasteiger partial charge in [-0.15, -0.1) is 0 Å². The fraction of sp³-hybridized carbons (Fsp3) is 0.167. The van der Waals surface area contributed by atoms with E-state index in [2.05, 4.69) is 5.32 Å². The van der Waals surface area contributed by atoms with Crippen LogP contribution in [0.4, 0.5) is 10.1 Å². The van der Waals surface area contributed by atoms with Crippen LogP contribution < -0.4 is 15.1 Å². The maximum atomic E-state index is 13.3. The van der Waals surface area contributed by atoms with E-state index in [0.29, 0.717) is 5.56 Å². The lowest BCUT2D eigenvalue weighted by Crippen LogP contribution is -2.38. The van der Waals surface area contributed by atoms with Crippen molar-refractivity contribution >= 4 is 46.4 Å². The van der Waals surface area contributed by atoms with Crippen LogP contribution in [0.15, 0.2) is 40.8 Å². The highest BCUT2D eigenvalue weighted by molar-refractivity contribution is 7.80. The van der Waals surface area contributed by atoms with Gasteiger partial charge in [-0.25, -0.2) is 8.60 Å². The molecule has 1 aromatic heterocycles. The maximum absolute atomic E-state index is 13.3. The molecular formula is C18H18BFN2O6S. The van der Waals surface area contributed by atoms with Gasteiger partial charge in [0.05, 0.1) is 11.3 Å². The summed E-state index contributed by atoms with van der Waals surface area (Å²) in [5.74, 6) is -0.793. The molecule has 11 heteroatoms. The zero-order valence-corrected chi connectivity index (χ0v) is 16.4. The Morgan fingerprint density at radius 3 is 2.45 bits per heavy atom. The fourth-order valence-corrected chi connectivity index (χ4v) is 3.64. The lowest BCUT2D eigenvalue weighted by Gasteiger charge is -2.21. The Kier molecular flexibility index (Phi) is 6.03. The Hall–Kier alpha value is -2.73. The number of carbonyl (C=O) groups is 1. The average Bonchev–Trinajstić information content (AvgIpc) is 3.05. The molecule has 3 aromatic rings. The molecule has 0 spiro atoms. The van der Waals surface area contributed by atoms with Crippen molar-refractivity contribution in [2.24, 2.45) is 0 Å². The molecule has 0 aliphatic carbocycles. The molecule has 0 fully saturated rings. The first-order valence-corrected chi connectivity index (χ1v) is 9.67. The van der Waals surface area contributed by atoms with Gasteiger partial charge in [-0.1, -0.05) is 0 Å². The number of hydrogen-bond acceptors (Lipinski definition) is 5. The van der Waals surface area contributed by atoms with Crippen LogP contribution >= 0.6 is 0 Å². The van der Waals surface area contributed by atoms with Gasteiger partial charge in [0.2, 0.25) is 0 Å². The quantitative estimate of drug-likeness (QED) is 0.352. The summed E-state index contributed by atoms with van der Waals surface area (Å²) in [7, 11) is -0.534. The molecule has 1 unspecified atom stereocenters. The van der Waals surface area contributed by atoms with Gasteiger partial charge in [-0.3, -0.25) is 13.7 Å². The van der Waals surface area contributed by atoms with Gasteiger partial charge in [0.25, 0.3) is 17.2 Å². The van der Waals surface area contributed by atoms with Gasteiger partial charge in [-0.05, 0) is 37.3 Å². The normalized spacial score (nSPS) is 12.1. The number of carbonyl (C=O) groups excluding carboxylic acids is 1. The molecule has 0 aliphatic heterocycles. The van der Waals surface area contributed by atoms with Crippen LogP contribution in [0.1, 0.15) is 17.3 Å². The van der Waals surface area contributed by atoms with E-state index in [-0.39, 0.29) is 40.0 Å². The number of nitrogens with one attached hydrogen (secondary N) is 1. The van der Waals surface area contributed by atoms with Crippen molar-refractivity contribution in [3.05, 3.63) is 47.8 Å². The van der Waals surface area contributed by atoms with Crippen molar-refractivity contribution in [1.82, 2.24) is 5.32 Å². The second-order valence-corrected chi connectivity index (χ2v) is 7.00. The molecule has 0 aliphatic rings. The summed E-state index contributed by atoms with van der Waals surface area (Å²) in [6, 6.07) is 8.02. The third-order valence-corrected chi connectivity index (χ3v) is 5.25. The molecule has 1 atom stereocenters. The summed E-state index contributed by atoms with van der Waals surface area (Å²) in [6.07, 6.45) is 0. The first-order chi connectivity index (χ1) is 13.8. The summed E-state index contributed by atoms with van der Waals surface area (Å²) >= 11 is -2.42. The number of rotatable bonds is 6. The summed E-state index contributed by atoms with van der Waals surface area (Å²) in [6.45, 7) is 1.72. The van der Waals surface area contributed by atoms with E-state index in [1.54, 1.807) is 6.92 Å².